The molecule has 0 unspecified atom stereocenters. The number of rotatable bonds is 4. The number of urea groups is 1. The molecule has 1 aliphatic carbocycles. The Morgan fingerprint density at radius 2 is 1.76 bits per heavy atom. The summed E-state index contributed by atoms with van der Waals surface area (Å²) in [7, 11) is 0. The number of aryl methyl sites for hydroxylation is 2. The molecule has 1 atom stereocenters. The minimum Gasteiger partial charge on any atom is -0.352 e. The summed E-state index contributed by atoms with van der Waals surface area (Å²) >= 11 is 0. The summed E-state index contributed by atoms with van der Waals surface area (Å²) in [6, 6.07) is 6.13. The predicted octanol–water partition coefficient (Wildman–Crippen LogP) is 2.12. The van der Waals surface area contributed by atoms with E-state index in [1.54, 1.807) is 0 Å². The van der Waals surface area contributed by atoms with Crippen molar-refractivity contribution in [1.29, 1.82) is 0 Å². The lowest BCUT2D eigenvalue weighted by Crippen LogP contribution is -2.55. The van der Waals surface area contributed by atoms with Gasteiger partial charge in [-0.3, -0.25) is 9.69 Å². The first-order chi connectivity index (χ1) is 11.9. The van der Waals surface area contributed by atoms with Gasteiger partial charge in [0.2, 0.25) is 5.91 Å². The highest BCUT2D eigenvalue weighted by atomic mass is 16.2. The third-order valence-corrected chi connectivity index (χ3v) is 5.21. The molecule has 1 saturated carbocycles. The summed E-state index contributed by atoms with van der Waals surface area (Å²) in [5, 5.41) is 6.02. The summed E-state index contributed by atoms with van der Waals surface area (Å²) in [6.07, 6.45) is 2.20. The van der Waals surface area contributed by atoms with Crippen molar-refractivity contribution in [2.45, 2.75) is 45.7 Å². The van der Waals surface area contributed by atoms with Crippen LogP contribution in [0.15, 0.2) is 18.2 Å². The molecular formula is C19H28N4O2. The molecule has 1 aromatic carbocycles. The van der Waals surface area contributed by atoms with Crippen LogP contribution < -0.4 is 10.6 Å². The van der Waals surface area contributed by atoms with E-state index in [-0.39, 0.29) is 18.0 Å². The average Bonchev–Trinajstić information content (AvgIpc) is 3.41. The molecule has 2 fully saturated rings. The second-order valence-electron chi connectivity index (χ2n) is 7.21. The molecule has 136 valence electrons. The number of nitrogens with one attached hydrogen (secondary N) is 2. The molecule has 1 aromatic rings. The molecule has 2 aliphatic rings. The highest BCUT2D eigenvalue weighted by molar-refractivity contribution is 5.89. The van der Waals surface area contributed by atoms with Crippen molar-refractivity contribution in [3.63, 3.8) is 0 Å². The molecule has 2 N–H and O–H groups in total. The maximum Gasteiger partial charge on any atom is 0.321 e. The SMILES string of the molecule is Cc1ccc(NC(=O)N2CCN([C@H](C)C(=O)NC3CC3)CC2)cc1C. The lowest BCUT2D eigenvalue weighted by atomic mass is 10.1. The smallest absolute Gasteiger partial charge is 0.321 e. The van der Waals surface area contributed by atoms with Gasteiger partial charge in [-0.05, 0) is 56.9 Å². The monoisotopic (exact) mass is 344 g/mol. The maximum absolute atomic E-state index is 12.4. The van der Waals surface area contributed by atoms with Crippen LogP contribution in [0.2, 0.25) is 0 Å². The van der Waals surface area contributed by atoms with Crippen LogP contribution >= 0.6 is 0 Å². The fourth-order valence-corrected chi connectivity index (χ4v) is 3.05. The molecule has 1 saturated heterocycles. The number of benzene rings is 1. The van der Waals surface area contributed by atoms with Crippen LogP contribution in [0.4, 0.5) is 10.5 Å². The number of carbonyl (C=O) groups excluding carboxylic acids is 2. The van der Waals surface area contributed by atoms with Crippen LogP contribution in [0.5, 0.6) is 0 Å². The molecule has 6 nitrogen and oxygen atoms in total. The fraction of sp³-hybridized carbons (Fsp3) is 0.579. The number of carbonyl (C=O) groups is 2. The van der Waals surface area contributed by atoms with E-state index >= 15 is 0 Å². The molecule has 0 bridgehead atoms. The highest BCUT2D eigenvalue weighted by Gasteiger charge is 2.30. The van der Waals surface area contributed by atoms with E-state index in [0.717, 1.165) is 37.2 Å². The molecule has 1 heterocycles. The Hall–Kier alpha value is -2.08. The van der Waals surface area contributed by atoms with Crippen LogP contribution in [0, 0.1) is 13.8 Å². The number of anilines is 1. The molecule has 0 radical (unpaired) electrons. The van der Waals surface area contributed by atoms with Crippen molar-refractivity contribution >= 4 is 17.6 Å². The van der Waals surface area contributed by atoms with Crippen LogP contribution in [0.1, 0.15) is 30.9 Å². The minimum absolute atomic E-state index is 0.0713. The first-order valence-corrected chi connectivity index (χ1v) is 9.11. The lowest BCUT2D eigenvalue weighted by molar-refractivity contribution is -0.126. The zero-order valence-corrected chi connectivity index (χ0v) is 15.3. The zero-order chi connectivity index (χ0) is 18.0. The Bertz CT molecular complexity index is 649. The summed E-state index contributed by atoms with van der Waals surface area (Å²) in [5.74, 6) is 0.107. The molecule has 0 spiro atoms. The van der Waals surface area contributed by atoms with Gasteiger partial charge < -0.3 is 15.5 Å². The van der Waals surface area contributed by atoms with Gasteiger partial charge in [0.25, 0.3) is 0 Å². The van der Waals surface area contributed by atoms with Crippen molar-refractivity contribution in [3.05, 3.63) is 29.3 Å². The molecule has 6 heteroatoms. The Balaban J connectivity index is 1.48. The number of hydrogen-bond acceptors (Lipinski definition) is 3. The van der Waals surface area contributed by atoms with Crippen LogP contribution in [0.3, 0.4) is 0 Å². The van der Waals surface area contributed by atoms with Crippen LogP contribution in [-0.4, -0.2) is 60.0 Å². The number of piperazine rings is 1. The standard InChI is InChI=1S/C19H28N4O2/c1-13-4-5-17(12-14(13)2)21-19(25)23-10-8-22(9-11-23)15(3)18(24)20-16-6-7-16/h4-5,12,15-16H,6-11H2,1-3H3,(H,20,24)(H,21,25)/t15-/m1/s1. The van der Waals surface area contributed by atoms with Gasteiger partial charge in [0, 0.05) is 37.9 Å². The summed E-state index contributed by atoms with van der Waals surface area (Å²) in [6.45, 7) is 8.76. The molecule has 3 rings (SSSR count). The lowest BCUT2D eigenvalue weighted by Gasteiger charge is -2.37. The Labute approximate surface area is 149 Å². The van der Waals surface area contributed by atoms with E-state index in [9.17, 15) is 9.59 Å². The van der Waals surface area contributed by atoms with Crippen LogP contribution in [-0.2, 0) is 4.79 Å². The molecule has 25 heavy (non-hydrogen) atoms. The van der Waals surface area contributed by atoms with E-state index in [0.29, 0.717) is 19.1 Å². The largest absolute Gasteiger partial charge is 0.352 e. The van der Waals surface area contributed by atoms with E-state index in [2.05, 4.69) is 22.5 Å². The number of hydrogen-bond donors (Lipinski definition) is 2. The predicted molar refractivity (Wildman–Crippen MR) is 98.7 cm³/mol. The van der Waals surface area contributed by atoms with Crippen molar-refractivity contribution in [2.24, 2.45) is 0 Å². The normalized spacial score (nSPS) is 19.4. The summed E-state index contributed by atoms with van der Waals surface area (Å²) in [4.78, 5) is 28.6. The first kappa shape index (κ1) is 17.7. The molecule has 1 aliphatic heterocycles. The number of nitrogens with zero attached hydrogens (tertiary/aromatic N) is 2. The Kier molecular flexibility index (Phi) is 5.27. The second-order valence-corrected chi connectivity index (χ2v) is 7.21. The van der Waals surface area contributed by atoms with E-state index in [4.69, 9.17) is 0 Å². The van der Waals surface area contributed by atoms with Gasteiger partial charge in [-0.1, -0.05) is 6.07 Å². The van der Waals surface area contributed by atoms with Crippen molar-refractivity contribution in [2.75, 3.05) is 31.5 Å². The summed E-state index contributed by atoms with van der Waals surface area (Å²) < 4.78 is 0. The maximum atomic E-state index is 12.4. The third kappa shape index (κ3) is 4.51. The van der Waals surface area contributed by atoms with Gasteiger partial charge in [0.1, 0.15) is 0 Å². The minimum atomic E-state index is -0.134. The van der Waals surface area contributed by atoms with Gasteiger partial charge in [-0.25, -0.2) is 4.79 Å². The van der Waals surface area contributed by atoms with Crippen molar-refractivity contribution in [3.8, 4) is 0 Å². The van der Waals surface area contributed by atoms with Gasteiger partial charge >= 0.3 is 6.03 Å². The Morgan fingerprint density at radius 1 is 1.08 bits per heavy atom. The van der Waals surface area contributed by atoms with Gasteiger partial charge in [0.05, 0.1) is 6.04 Å². The fourth-order valence-electron chi connectivity index (χ4n) is 3.05. The first-order valence-electron chi connectivity index (χ1n) is 9.11. The van der Waals surface area contributed by atoms with Crippen molar-refractivity contribution in [1.82, 2.24) is 15.1 Å². The average molecular weight is 344 g/mol. The van der Waals surface area contributed by atoms with E-state index in [1.807, 2.05) is 36.9 Å². The molecule has 0 aromatic heterocycles. The third-order valence-electron chi connectivity index (χ3n) is 5.21. The summed E-state index contributed by atoms with van der Waals surface area (Å²) in [5.41, 5.74) is 3.20. The quantitative estimate of drug-likeness (QED) is 0.879. The number of amides is 3. The van der Waals surface area contributed by atoms with Gasteiger partial charge in [-0.2, -0.15) is 0 Å². The Morgan fingerprint density at radius 3 is 2.36 bits per heavy atom. The molecule has 3 amide bonds. The van der Waals surface area contributed by atoms with Crippen LogP contribution in [0.25, 0.3) is 0 Å². The van der Waals surface area contributed by atoms with Gasteiger partial charge in [0.15, 0.2) is 0 Å². The van der Waals surface area contributed by atoms with E-state index in [1.165, 1.54) is 5.56 Å². The van der Waals surface area contributed by atoms with E-state index < -0.39 is 0 Å². The van der Waals surface area contributed by atoms with Crippen molar-refractivity contribution < 1.29 is 9.59 Å². The van der Waals surface area contributed by atoms with Gasteiger partial charge in [-0.15, -0.1) is 0 Å². The second kappa shape index (κ2) is 7.44. The zero-order valence-electron chi connectivity index (χ0n) is 15.3. The topological polar surface area (TPSA) is 64.7 Å². The highest BCUT2D eigenvalue weighted by Crippen LogP contribution is 2.19. The molecular weight excluding hydrogens is 316 g/mol.